The van der Waals surface area contributed by atoms with E-state index >= 15 is 0 Å². The summed E-state index contributed by atoms with van der Waals surface area (Å²) in [6.07, 6.45) is 2.98. The van der Waals surface area contributed by atoms with Gasteiger partial charge in [-0.15, -0.1) is 0 Å². The lowest BCUT2D eigenvalue weighted by atomic mass is 10.1. The highest BCUT2D eigenvalue weighted by Crippen LogP contribution is 2.22. The fraction of sp³-hybridized carbons (Fsp3) is 0.400. The number of hydrogen-bond acceptors (Lipinski definition) is 3. The Balaban J connectivity index is 1.63. The van der Waals surface area contributed by atoms with Gasteiger partial charge in [-0.3, -0.25) is 4.79 Å². The van der Waals surface area contributed by atoms with E-state index in [1.807, 2.05) is 24.4 Å². The Morgan fingerprint density at radius 3 is 2.86 bits per heavy atom. The minimum absolute atomic E-state index is 0.00786. The molecule has 1 aromatic heterocycles. The Kier molecular flexibility index (Phi) is 3.92. The lowest BCUT2D eigenvalue weighted by molar-refractivity contribution is -0.127. The molecule has 0 radical (unpaired) electrons. The molecule has 1 aliphatic heterocycles. The molecule has 1 aliphatic rings. The van der Waals surface area contributed by atoms with E-state index in [1.165, 1.54) is 5.56 Å². The molecule has 2 heterocycles. The molecule has 1 unspecified atom stereocenters. The summed E-state index contributed by atoms with van der Waals surface area (Å²) in [5, 5.41) is 6.22. The van der Waals surface area contributed by atoms with Crippen LogP contribution in [0.2, 0.25) is 0 Å². The Morgan fingerprint density at radius 2 is 2.09 bits per heavy atom. The van der Waals surface area contributed by atoms with E-state index in [2.05, 4.69) is 11.1 Å². The van der Waals surface area contributed by atoms with Crippen LogP contribution in [0.1, 0.15) is 12.0 Å². The van der Waals surface area contributed by atoms with Crippen molar-refractivity contribution in [1.29, 1.82) is 0 Å². The number of fused-ring (bicyclic) bond motifs is 1. The Labute approximate surface area is 129 Å². The highest BCUT2D eigenvalue weighted by atomic mass is 32.2. The number of carbonyl (C=O) groups is 1. The summed E-state index contributed by atoms with van der Waals surface area (Å²) in [6, 6.07) is 8.03. The number of benzene rings is 1. The molecule has 118 valence electrons. The highest BCUT2D eigenvalue weighted by Gasteiger charge is 2.31. The number of nitrogens with two attached hydrogens (primary N) is 1. The van der Waals surface area contributed by atoms with Crippen LogP contribution in [-0.2, 0) is 21.2 Å². The molecule has 1 saturated heterocycles. The number of H-pyrrole nitrogens is 1. The van der Waals surface area contributed by atoms with Gasteiger partial charge >= 0.3 is 0 Å². The molecule has 0 saturated carbocycles. The molecule has 3 N–H and O–H groups in total. The van der Waals surface area contributed by atoms with Crippen LogP contribution in [0.15, 0.2) is 30.5 Å². The number of rotatable bonds is 5. The van der Waals surface area contributed by atoms with Crippen LogP contribution < -0.4 is 5.14 Å². The Morgan fingerprint density at radius 1 is 1.32 bits per heavy atom. The third kappa shape index (κ3) is 3.31. The summed E-state index contributed by atoms with van der Waals surface area (Å²) < 4.78 is 22.3. The number of aromatic nitrogens is 1. The van der Waals surface area contributed by atoms with Gasteiger partial charge in [-0.1, -0.05) is 18.2 Å². The van der Waals surface area contributed by atoms with Crippen LogP contribution in [0.5, 0.6) is 0 Å². The number of carbonyl (C=O) groups excluding carboxylic acids is 1. The topological polar surface area (TPSA) is 96.3 Å². The summed E-state index contributed by atoms with van der Waals surface area (Å²) in [5.41, 5.74) is 2.25. The van der Waals surface area contributed by atoms with Gasteiger partial charge in [-0.25, -0.2) is 13.6 Å². The van der Waals surface area contributed by atoms with Crippen molar-refractivity contribution in [2.45, 2.75) is 12.8 Å². The quantitative estimate of drug-likeness (QED) is 0.854. The number of aromatic amines is 1. The lowest BCUT2D eigenvalue weighted by Crippen LogP contribution is -2.29. The number of para-hydroxylation sites is 1. The summed E-state index contributed by atoms with van der Waals surface area (Å²) in [6.45, 7) is 1.07. The molecular weight excluding hydrogens is 302 g/mol. The van der Waals surface area contributed by atoms with Crippen LogP contribution in [0.25, 0.3) is 10.9 Å². The SMILES string of the molecule is NS(=O)(=O)CC1CC(=O)N(CCc2c[nH]c3ccccc23)C1. The molecule has 1 amide bonds. The number of primary sulfonamides is 1. The number of nitrogens with one attached hydrogen (secondary N) is 1. The minimum atomic E-state index is -3.53. The van der Waals surface area contributed by atoms with Gasteiger partial charge in [0.15, 0.2) is 0 Å². The number of amides is 1. The number of hydrogen-bond donors (Lipinski definition) is 2. The van der Waals surface area contributed by atoms with E-state index in [0.717, 1.165) is 17.3 Å². The predicted octanol–water partition coefficient (Wildman–Crippen LogP) is 0.847. The molecule has 3 rings (SSSR count). The van der Waals surface area contributed by atoms with E-state index in [4.69, 9.17) is 5.14 Å². The summed E-state index contributed by atoms with van der Waals surface area (Å²) in [5.74, 6) is -0.304. The van der Waals surface area contributed by atoms with Crippen molar-refractivity contribution < 1.29 is 13.2 Å². The first-order valence-electron chi connectivity index (χ1n) is 7.25. The van der Waals surface area contributed by atoms with Gasteiger partial charge in [0.1, 0.15) is 0 Å². The van der Waals surface area contributed by atoms with Crippen molar-refractivity contribution in [1.82, 2.24) is 9.88 Å². The molecule has 7 heteroatoms. The maximum atomic E-state index is 12.0. The lowest BCUT2D eigenvalue weighted by Gasteiger charge is -2.16. The maximum Gasteiger partial charge on any atom is 0.222 e. The minimum Gasteiger partial charge on any atom is -0.361 e. The predicted molar refractivity (Wildman–Crippen MR) is 84.7 cm³/mol. The molecule has 0 bridgehead atoms. The van der Waals surface area contributed by atoms with Crippen molar-refractivity contribution in [2.75, 3.05) is 18.8 Å². The van der Waals surface area contributed by atoms with E-state index in [0.29, 0.717) is 13.1 Å². The zero-order valence-corrected chi connectivity index (χ0v) is 13.0. The highest BCUT2D eigenvalue weighted by molar-refractivity contribution is 7.89. The smallest absolute Gasteiger partial charge is 0.222 e. The van der Waals surface area contributed by atoms with Gasteiger partial charge < -0.3 is 9.88 Å². The van der Waals surface area contributed by atoms with Crippen LogP contribution in [0, 0.1) is 5.92 Å². The van der Waals surface area contributed by atoms with Crippen LogP contribution in [-0.4, -0.2) is 43.1 Å². The molecule has 0 spiro atoms. The number of likely N-dealkylation sites (tertiary alicyclic amines) is 1. The fourth-order valence-electron chi connectivity index (χ4n) is 3.10. The third-order valence-electron chi connectivity index (χ3n) is 4.09. The zero-order chi connectivity index (χ0) is 15.7. The molecule has 1 aromatic carbocycles. The Bertz CT molecular complexity index is 797. The standard InChI is InChI=1S/C15H19N3O3S/c16-22(20,21)10-11-7-15(19)18(9-11)6-5-12-8-17-14-4-2-1-3-13(12)14/h1-4,8,11,17H,5-7,9-10H2,(H2,16,20,21). The van der Waals surface area contributed by atoms with Crippen molar-refractivity contribution in [2.24, 2.45) is 11.1 Å². The normalized spacial score (nSPS) is 19.2. The first kappa shape index (κ1) is 15.1. The Hall–Kier alpha value is -1.86. The van der Waals surface area contributed by atoms with E-state index in [1.54, 1.807) is 4.90 Å². The van der Waals surface area contributed by atoms with E-state index in [-0.39, 0.29) is 24.0 Å². The van der Waals surface area contributed by atoms with Crippen LogP contribution >= 0.6 is 0 Å². The molecule has 0 aliphatic carbocycles. The fourth-order valence-corrected chi connectivity index (χ4v) is 3.98. The van der Waals surface area contributed by atoms with Gasteiger partial charge in [0.2, 0.25) is 15.9 Å². The maximum absolute atomic E-state index is 12.0. The van der Waals surface area contributed by atoms with E-state index in [9.17, 15) is 13.2 Å². The molecule has 22 heavy (non-hydrogen) atoms. The number of sulfonamides is 1. The van der Waals surface area contributed by atoms with Crippen LogP contribution in [0.4, 0.5) is 0 Å². The van der Waals surface area contributed by atoms with Crippen molar-refractivity contribution in [3.63, 3.8) is 0 Å². The van der Waals surface area contributed by atoms with Gasteiger partial charge in [0.05, 0.1) is 5.75 Å². The number of nitrogens with zero attached hydrogens (tertiary/aromatic N) is 1. The first-order valence-corrected chi connectivity index (χ1v) is 8.97. The largest absolute Gasteiger partial charge is 0.361 e. The monoisotopic (exact) mass is 321 g/mol. The first-order chi connectivity index (χ1) is 10.4. The van der Waals surface area contributed by atoms with Gasteiger partial charge in [-0.2, -0.15) is 0 Å². The summed E-state index contributed by atoms with van der Waals surface area (Å²) in [7, 11) is -3.53. The second kappa shape index (κ2) is 5.73. The summed E-state index contributed by atoms with van der Waals surface area (Å²) >= 11 is 0. The average Bonchev–Trinajstić information content (AvgIpc) is 2.98. The van der Waals surface area contributed by atoms with Gasteiger partial charge in [0, 0.05) is 42.5 Å². The average molecular weight is 321 g/mol. The van der Waals surface area contributed by atoms with Crippen LogP contribution in [0.3, 0.4) is 0 Å². The van der Waals surface area contributed by atoms with Gasteiger partial charge in [-0.05, 0) is 18.1 Å². The second-order valence-electron chi connectivity index (χ2n) is 5.85. The summed E-state index contributed by atoms with van der Waals surface area (Å²) in [4.78, 5) is 16.9. The third-order valence-corrected chi connectivity index (χ3v) is 5.02. The zero-order valence-electron chi connectivity index (χ0n) is 12.2. The molecule has 1 fully saturated rings. The van der Waals surface area contributed by atoms with Crippen molar-refractivity contribution in [3.05, 3.63) is 36.0 Å². The van der Waals surface area contributed by atoms with Crippen molar-refractivity contribution in [3.8, 4) is 0 Å². The van der Waals surface area contributed by atoms with Crippen molar-refractivity contribution >= 4 is 26.8 Å². The molecule has 1 atom stereocenters. The molecular formula is C15H19N3O3S. The van der Waals surface area contributed by atoms with Gasteiger partial charge in [0.25, 0.3) is 0 Å². The molecule has 2 aromatic rings. The second-order valence-corrected chi connectivity index (χ2v) is 7.51. The molecule has 6 nitrogen and oxygen atoms in total. The van der Waals surface area contributed by atoms with E-state index < -0.39 is 10.0 Å².